The van der Waals surface area contributed by atoms with E-state index in [4.69, 9.17) is 15.2 Å². The van der Waals surface area contributed by atoms with E-state index in [0.29, 0.717) is 56.0 Å². The van der Waals surface area contributed by atoms with Crippen LogP contribution in [0.5, 0.6) is 0 Å². The fourth-order valence-electron chi connectivity index (χ4n) is 23.6. The SMILES string of the molecule is CC1CCOC(C2OC2C(C)(O)C(C)(CO)CCC2=CCNC(N)=C2)(C2CC3CCC4=C5C6C(CCc7ccccc7CC#CC7C8(CCC9(CCCC9)C8)CCC78CC(O)C7(CCCC7)C(C4=O)C68C)CC2(C)C53O)C1. The second kappa shape index (κ2) is 17.5. The van der Waals surface area contributed by atoms with Gasteiger partial charge in [0, 0.05) is 47.7 Å². The second-order valence-electron chi connectivity index (χ2n) is 30.4. The van der Waals surface area contributed by atoms with Gasteiger partial charge in [0.2, 0.25) is 0 Å². The van der Waals surface area contributed by atoms with Gasteiger partial charge in [-0.15, -0.1) is 0 Å². The minimum absolute atomic E-state index is 0.0176. The van der Waals surface area contributed by atoms with Crippen molar-refractivity contribution in [2.24, 2.45) is 85.1 Å². The van der Waals surface area contributed by atoms with E-state index in [1.807, 2.05) is 19.9 Å². The summed E-state index contributed by atoms with van der Waals surface area (Å²) in [7, 11) is 0. The summed E-state index contributed by atoms with van der Waals surface area (Å²) in [6, 6.07) is 9.08. The number of ether oxygens (including phenoxy) is 2. The van der Waals surface area contributed by atoms with Crippen LogP contribution < -0.4 is 11.1 Å². The first-order chi connectivity index (χ1) is 36.8. The fourth-order valence-corrected chi connectivity index (χ4v) is 23.6. The summed E-state index contributed by atoms with van der Waals surface area (Å²) in [6.07, 6.45) is 26.9. The molecule has 2 saturated heterocycles. The van der Waals surface area contributed by atoms with Gasteiger partial charge in [-0.3, -0.25) is 4.79 Å². The van der Waals surface area contributed by atoms with Gasteiger partial charge in [0.1, 0.15) is 17.8 Å². The first-order valence-electron chi connectivity index (χ1n) is 31.6. The van der Waals surface area contributed by atoms with Gasteiger partial charge in [0.05, 0.1) is 29.7 Å². The van der Waals surface area contributed by atoms with Gasteiger partial charge in [0.15, 0.2) is 5.78 Å². The molecule has 3 heterocycles. The lowest BCUT2D eigenvalue weighted by molar-refractivity contribution is -0.246. The highest BCUT2D eigenvalue weighted by Crippen LogP contribution is 2.84. The number of hydrogen-bond acceptors (Lipinski definition) is 9. The molecule has 9 nitrogen and oxygen atoms in total. The Labute approximate surface area is 460 Å². The number of dihydropyridines is 1. The smallest absolute Gasteiger partial charge is 0.163 e. The monoisotopic (exact) mass is 1050 g/mol. The van der Waals surface area contributed by atoms with E-state index in [-0.39, 0.29) is 58.7 Å². The van der Waals surface area contributed by atoms with Crippen molar-refractivity contribution in [1.29, 1.82) is 0 Å². The molecule has 7 saturated carbocycles. The van der Waals surface area contributed by atoms with Crippen LogP contribution in [0.1, 0.15) is 193 Å². The topological polar surface area (TPSA) is 158 Å². The average Bonchev–Trinajstić information content (AvgIpc) is 4.01. The maximum Gasteiger partial charge on any atom is 0.163 e. The minimum atomic E-state index is -1.39. The van der Waals surface area contributed by atoms with Crippen LogP contribution in [0.3, 0.4) is 0 Å². The molecule has 0 bridgehead atoms. The Morgan fingerprint density at radius 3 is 2.43 bits per heavy atom. The molecule has 7 N–H and O–H groups in total. The van der Waals surface area contributed by atoms with Crippen LogP contribution in [0.15, 0.2) is 59.0 Å². The lowest BCUT2D eigenvalue weighted by atomic mass is 9.30. The standard InChI is InChI=1S/C68H94N2O7/c1-42-23-34-76-67(37-42,58-57(77-58)62(5,74)59(2,41-71)28-21-43-22-33-70-52(69)35-43)50-36-47-19-20-48-54-53-46(38-60(50,3)68(47,54)75)18-17-45-14-7-6-13-44(45)15-12-16-49-64(30-29-63(40-64)24-8-9-25-63)31-32-66(49)39-51(72)65(26-10-11-27-65)56(55(48)73)61(53,66)4/h6-7,13-14,22,35,42,46-47,49-51,53,56-58,70-72,74-75H,8-11,15,17-21,23-34,36-41,69H2,1-5H3. The van der Waals surface area contributed by atoms with Crippen LogP contribution >= 0.6 is 0 Å². The van der Waals surface area contributed by atoms with Gasteiger partial charge >= 0.3 is 0 Å². The zero-order valence-corrected chi connectivity index (χ0v) is 47.6. The van der Waals surface area contributed by atoms with E-state index >= 15 is 9.90 Å². The molecule has 18 unspecified atom stereocenters. The van der Waals surface area contributed by atoms with Crippen molar-refractivity contribution >= 4 is 5.78 Å². The molecule has 18 atom stereocenters. The van der Waals surface area contributed by atoms with Gasteiger partial charge < -0.3 is 41.0 Å². The van der Waals surface area contributed by atoms with Crippen molar-refractivity contribution in [3.8, 4) is 11.8 Å². The van der Waals surface area contributed by atoms with E-state index in [9.17, 15) is 15.3 Å². The molecule has 418 valence electrons. The van der Waals surface area contributed by atoms with Gasteiger partial charge in [-0.1, -0.05) is 95.6 Å². The number of aryl methyl sites for hydroxylation is 1. The molecule has 4 spiro atoms. The van der Waals surface area contributed by atoms with Crippen molar-refractivity contribution in [3.63, 3.8) is 0 Å². The van der Waals surface area contributed by atoms with E-state index in [2.05, 4.69) is 68.3 Å². The van der Waals surface area contributed by atoms with Gasteiger partial charge in [0.25, 0.3) is 0 Å². The van der Waals surface area contributed by atoms with Crippen LogP contribution in [0, 0.1) is 91.2 Å². The normalized spacial score (nSPS) is 47.3. The third-order valence-electron chi connectivity index (χ3n) is 27.4. The maximum atomic E-state index is 16.9. The molecule has 9 heteroatoms. The molecule has 77 heavy (non-hydrogen) atoms. The molecular formula is C68H94N2O7. The predicted octanol–water partition coefficient (Wildman–Crippen LogP) is 10.7. The first-order valence-corrected chi connectivity index (χ1v) is 31.6. The number of aliphatic hydroxyl groups excluding tert-OH is 2. The summed E-state index contributed by atoms with van der Waals surface area (Å²) in [5.41, 5.74) is 6.14. The summed E-state index contributed by atoms with van der Waals surface area (Å²) >= 11 is 0. The highest BCUT2D eigenvalue weighted by Gasteiger charge is 2.84. The van der Waals surface area contributed by atoms with Gasteiger partial charge in [-0.25, -0.2) is 0 Å². The van der Waals surface area contributed by atoms with Gasteiger partial charge in [-0.2, -0.15) is 0 Å². The van der Waals surface area contributed by atoms with Crippen molar-refractivity contribution in [3.05, 3.63) is 70.1 Å². The number of nitrogens with two attached hydrogens (primary N) is 1. The number of carbonyl (C=O) groups excluding carboxylic acids is 1. The highest BCUT2D eigenvalue weighted by molar-refractivity contribution is 6.01. The molecule has 0 amide bonds. The first kappa shape index (κ1) is 52.1. The molecule has 3 aliphatic heterocycles. The van der Waals surface area contributed by atoms with E-state index < -0.39 is 56.8 Å². The predicted molar refractivity (Wildman–Crippen MR) is 298 cm³/mol. The number of nitrogens with one attached hydrogen (secondary N) is 1. The summed E-state index contributed by atoms with van der Waals surface area (Å²) in [6.45, 7) is 12.3. The van der Waals surface area contributed by atoms with Crippen LogP contribution in [-0.2, 0) is 27.1 Å². The van der Waals surface area contributed by atoms with Gasteiger partial charge in [-0.05, 0) is 221 Å². The summed E-state index contributed by atoms with van der Waals surface area (Å²) < 4.78 is 14.5. The lowest BCUT2D eigenvalue weighted by Crippen LogP contribution is -2.74. The van der Waals surface area contributed by atoms with E-state index in [1.54, 1.807) is 0 Å². The number of rotatable bonds is 8. The van der Waals surface area contributed by atoms with Crippen molar-refractivity contribution in [2.45, 2.75) is 230 Å². The number of Topliss-reactive ketones (excluding diaryl/α,β-unsaturated/α-hetero) is 1. The number of carbonyl (C=O) groups is 1. The molecule has 0 aromatic heterocycles. The Morgan fingerprint density at radius 1 is 0.922 bits per heavy atom. The Hall–Kier alpha value is -2.97. The lowest BCUT2D eigenvalue weighted by Gasteiger charge is -2.73. The summed E-state index contributed by atoms with van der Waals surface area (Å²) in [5.74, 6) is 9.24. The van der Waals surface area contributed by atoms with Crippen molar-refractivity contribution in [2.75, 3.05) is 19.8 Å². The van der Waals surface area contributed by atoms with Crippen molar-refractivity contribution in [1.82, 2.24) is 5.32 Å². The van der Waals surface area contributed by atoms with E-state index in [0.717, 1.165) is 107 Å². The second-order valence-corrected chi connectivity index (χ2v) is 30.4. The number of allylic oxidation sites excluding steroid dienone is 3. The van der Waals surface area contributed by atoms with Crippen LogP contribution in [0.4, 0.5) is 0 Å². The molecular weight excluding hydrogens is 957 g/mol. The van der Waals surface area contributed by atoms with Crippen LogP contribution in [-0.4, -0.2) is 81.1 Å². The fraction of sp³-hybridized carbons (Fsp3) is 0.779. The zero-order chi connectivity index (χ0) is 53.4. The molecule has 0 radical (unpaired) electrons. The number of hydrogen-bond donors (Lipinski definition) is 6. The number of ketones is 1. The Morgan fingerprint density at radius 2 is 1.68 bits per heavy atom. The molecule has 9 fully saturated rings. The quantitative estimate of drug-likeness (QED) is 0.110. The van der Waals surface area contributed by atoms with Crippen LogP contribution in [0.2, 0.25) is 0 Å². The number of epoxide rings is 1. The highest BCUT2D eigenvalue weighted by atomic mass is 16.6. The average molecular weight is 1050 g/mol. The Kier molecular flexibility index (Phi) is 11.9. The Bertz CT molecular complexity index is 2750. The number of aliphatic hydroxyl groups is 4. The van der Waals surface area contributed by atoms with Crippen LogP contribution in [0.25, 0.3) is 0 Å². The minimum Gasteiger partial charge on any atom is -0.396 e. The molecule has 1 aromatic rings. The number of fused-ring (bicyclic) bond motifs is 3. The largest absolute Gasteiger partial charge is 0.396 e. The van der Waals surface area contributed by atoms with E-state index in [1.165, 1.54) is 56.1 Å². The third-order valence-corrected chi connectivity index (χ3v) is 27.4. The Balaban J connectivity index is 0.925. The molecule has 10 aliphatic carbocycles. The summed E-state index contributed by atoms with van der Waals surface area (Å²) in [4.78, 5) is 16.9. The zero-order valence-electron chi connectivity index (χ0n) is 47.6. The van der Waals surface area contributed by atoms with Crippen molar-refractivity contribution < 1.29 is 34.7 Å². The molecule has 1 aromatic carbocycles. The number of benzene rings is 1. The maximum absolute atomic E-state index is 16.9. The molecule has 13 aliphatic rings. The molecule has 14 rings (SSSR count). The third kappa shape index (κ3) is 6.84. The summed E-state index contributed by atoms with van der Waals surface area (Å²) in [5, 5.41) is 55.9.